The molecule has 29 heavy (non-hydrogen) atoms. The standard InChI is InChI=1S/C20H18ClN3O5/c1-11(2)23-19(25)17(12-4-7-14(8-5-12)24(27)28)18(20(23)26)22-15-10-13(21)6-9-16(15)29-3/h4-11,22H,1-3H3. The highest BCUT2D eigenvalue weighted by Gasteiger charge is 2.40. The average Bonchev–Trinajstić information content (AvgIpc) is 2.92. The number of ether oxygens (including phenoxy) is 1. The van der Waals surface area contributed by atoms with Gasteiger partial charge in [0.25, 0.3) is 17.5 Å². The molecule has 1 aliphatic rings. The topological polar surface area (TPSA) is 102 Å². The van der Waals surface area contributed by atoms with Gasteiger partial charge in [-0.3, -0.25) is 24.6 Å². The number of nitro benzene ring substituents is 1. The second-order valence-electron chi connectivity index (χ2n) is 6.60. The van der Waals surface area contributed by atoms with Crippen LogP contribution in [0.15, 0.2) is 48.2 Å². The average molecular weight is 416 g/mol. The summed E-state index contributed by atoms with van der Waals surface area (Å²) < 4.78 is 5.30. The molecular formula is C20H18ClN3O5. The molecule has 1 heterocycles. The first-order valence-corrected chi connectivity index (χ1v) is 9.10. The van der Waals surface area contributed by atoms with Crippen molar-refractivity contribution >= 4 is 40.4 Å². The van der Waals surface area contributed by atoms with Crippen LogP contribution in [0.25, 0.3) is 5.57 Å². The lowest BCUT2D eigenvalue weighted by Gasteiger charge is -2.19. The molecule has 0 fully saturated rings. The van der Waals surface area contributed by atoms with Crippen molar-refractivity contribution in [1.82, 2.24) is 4.90 Å². The van der Waals surface area contributed by atoms with Gasteiger partial charge < -0.3 is 10.1 Å². The van der Waals surface area contributed by atoms with Crippen molar-refractivity contribution in [3.63, 3.8) is 0 Å². The summed E-state index contributed by atoms with van der Waals surface area (Å²) in [6, 6.07) is 9.95. The fourth-order valence-electron chi connectivity index (χ4n) is 3.06. The van der Waals surface area contributed by atoms with E-state index >= 15 is 0 Å². The second-order valence-corrected chi connectivity index (χ2v) is 7.03. The Labute approximate surface area is 171 Å². The van der Waals surface area contributed by atoms with E-state index in [0.717, 1.165) is 4.90 Å². The minimum atomic E-state index is -0.532. The van der Waals surface area contributed by atoms with Crippen molar-refractivity contribution in [2.75, 3.05) is 12.4 Å². The highest BCUT2D eigenvalue weighted by atomic mass is 35.5. The van der Waals surface area contributed by atoms with Crippen molar-refractivity contribution in [1.29, 1.82) is 0 Å². The summed E-state index contributed by atoms with van der Waals surface area (Å²) in [5.74, 6) is -0.545. The maximum atomic E-state index is 13.0. The van der Waals surface area contributed by atoms with Crippen molar-refractivity contribution in [3.05, 3.63) is 68.9 Å². The molecule has 1 aliphatic heterocycles. The molecule has 0 atom stereocenters. The largest absolute Gasteiger partial charge is 0.495 e. The molecule has 0 unspecified atom stereocenters. The number of hydrogen-bond donors (Lipinski definition) is 1. The third-order valence-electron chi connectivity index (χ3n) is 4.42. The van der Waals surface area contributed by atoms with E-state index in [1.807, 2.05) is 0 Å². The van der Waals surface area contributed by atoms with Gasteiger partial charge in [0, 0.05) is 23.2 Å². The van der Waals surface area contributed by atoms with Crippen molar-refractivity contribution in [2.24, 2.45) is 0 Å². The molecule has 0 spiro atoms. The maximum Gasteiger partial charge on any atom is 0.278 e. The summed E-state index contributed by atoms with van der Waals surface area (Å²) >= 11 is 6.07. The van der Waals surface area contributed by atoms with E-state index in [-0.39, 0.29) is 23.0 Å². The molecule has 1 N–H and O–H groups in total. The van der Waals surface area contributed by atoms with Crippen molar-refractivity contribution < 1.29 is 19.2 Å². The lowest BCUT2D eigenvalue weighted by Crippen LogP contribution is -2.38. The zero-order valence-corrected chi connectivity index (χ0v) is 16.7. The van der Waals surface area contributed by atoms with E-state index < -0.39 is 16.7 Å². The molecule has 0 saturated heterocycles. The zero-order valence-electron chi connectivity index (χ0n) is 15.9. The van der Waals surface area contributed by atoms with Gasteiger partial charge >= 0.3 is 0 Å². The normalized spacial score (nSPS) is 14.0. The SMILES string of the molecule is COc1ccc(Cl)cc1NC1=C(c2ccc([N+](=O)[O-])cc2)C(=O)N(C(C)C)C1=O. The Morgan fingerprint density at radius 1 is 1.10 bits per heavy atom. The molecule has 150 valence electrons. The van der Waals surface area contributed by atoms with Crippen LogP contribution < -0.4 is 10.1 Å². The third-order valence-corrected chi connectivity index (χ3v) is 4.65. The van der Waals surface area contributed by atoms with Crippen LogP contribution in [0.3, 0.4) is 0 Å². The highest BCUT2D eigenvalue weighted by Crippen LogP contribution is 2.35. The lowest BCUT2D eigenvalue weighted by atomic mass is 10.0. The van der Waals surface area contributed by atoms with E-state index in [9.17, 15) is 19.7 Å². The molecule has 0 aromatic heterocycles. The van der Waals surface area contributed by atoms with Crippen LogP contribution >= 0.6 is 11.6 Å². The number of nitrogens with zero attached hydrogens (tertiary/aromatic N) is 2. The summed E-state index contributed by atoms with van der Waals surface area (Å²) in [5.41, 5.74) is 0.873. The fraction of sp³-hybridized carbons (Fsp3) is 0.200. The molecule has 3 rings (SSSR count). The van der Waals surface area contributed by atoms with Crippen LogP contribution in [0.1, 0.15) is 19.4 Å². The van der Waals surface area contributed by atoms with Gasteiger partial charge in [-0.25, -0.2) is 0 Å². The smallest absolute Gasteiger partial charge is 0.278 e. The molecule has 0 saturated carbocycles. The predicted octanol–water partition coefficient (Wildman–Crippen LogP) is 3.86. The number of halogens is 1. The van der Waals surface area contributed by atoms with Crippen LogP contribution in [-0.2, 0) is 9.59 Å². The van der Waals surface area contributed by atoms with Crippen LogP contribution in [0, 0.1) is 10.1 Å². The first-order chi connectivity index (χ1) is 13.7. The summed E-state index contributed by atoms with van der Waals surface area (Å²) in [7, 11) is 1.47. The molecule has 2 amide bonds. The van der Waals surface area contributed by atoms with Gasteiger partial charge in [0.2, 0.25) is 0 Å². The number of non-ortho nitro benzene ring substituents is 1. The fourth-order valence-corrected chi connectivity index (χ4v) is 3.23. The summed E-state index contributed by atoms with van der Waals surface area (Å²) in [5, 5.41) is 14.3. The van der Waals surface area contributed by atoms with Gasteiger partial charge in [0.05, 0.1) is 23.3 Å². The first-order valence-electron chi connectivity index (χ1n) is 8.72. The molecule has 8 nitrogen and oxygen atoms in total. The number of rotatable bonds is 6. The van der Waals surface area contributed by atoms with E-state index in [2.05, 4.69) is 5.32 Å². The minimum Gasteiger partial charge on any atom is -0.495 e. The quantitative estimate of drug-likeness (QED) is 0.436. The lowest BCUT2D eigenvalue weighted by molar-refractivity contribution is -0.384. The Balaban J connectivity index is 2.14. The molecule has 9 heteroatoms. The summed E-state index contributed by atoms with van der Waals surface area (Å²) in [6.45, 7) is 3.46. The third kappa shape index (κ3) is 3.79. The number of carbonyl (C=O) groups excluding carboxylic acids is 2. The molecular weight excluding hydrogens is 398 g/mol. The number of anilines is 1. The summed E-state index contributed by atoms with van der Waals surface area (Å²) in [4.78, 5) is 37.6. The predicted molar refractivity (Wildman–Crippen MR) is 109 cm³/mol. The van der Waals surface area contributed by atoms with Crippen LogP contribution in [-0.4, -0.2) is 34.8 Å². The number of nitrogens with one attached hydrogen (secondary N) is 1. The molecule has 2 aromatic carbocycles. The second kappa shape index (κ2) is 7.92. The molecule has 2 aromatic rings. The summed E-state index contributed by atoms with van der Waals surface area (Å²) in [6.07, 6.45) is 0. The van der Waals surface area contributed by atoms with Gasteiger partial charge in [-0.1, -0.05) is 11.6 Å². The number of nitro groups is 1. The monoisotopic (exact) mass is 415 g/mol. The van der Waals surface area contributed by atoms with Gasteiger partial charge in [-0.05, 0) is 49.7 Å². The Bertz CT molecular complexity index is 1030. The van der Waals surface area contributed by atoms with Gasteiger partial charge in [-0.2, -0.15) is 0 Å². The Morgan fingerprint density at radius 3 is 2.31 bits per heavy atom. The van der Waals surface area contributed by atoms with Gasteiger partial charge in [0.15, 0.2) is 0 Å². The van der Waals surface area contributed by atoms with E-state index in [0.29, 0.717) is 22.0 Å². The number of amides is 2. The molecule has 0 aliphatic carbocycles. The van der Waals surface area contributed by atoms with Crippen LogP contribution in [0.4, 0.5) is 11.4 Å². The van der Waals surface area contributed by atoms with Gasteiger partial charge in [-0.15, -0.1) is 0 Å². The number of carbonyl (C=O) groups is 2. The van der Waals surface area contributed by atoms with Crippen LogP contribution in [0.5, 0.6) is 5.75 Å². The first kappa shape index (κ1) is 20.3. The minimum absolute atomic E-state index is 0.0538. The maximum absolute atomic E-state index is 13.0. The van der Waals surface area contributed by atoms with Crippen LogP contribution in [0.2, 0.25) is 5.02 Å². The highest BCUT2D eigenvalue weighted by molar-refractivity contribution is 6.37. The number of imide groups is 1. The van der Waals surface area contributed by atoms with E-state index in [1.54, 1.807) is 32.0 Å². The Kier molecular flexibility index (Phi) is 5.56. The Hall–Kier alpha value is -3.39. The van der Waals surface area contributed by atoms with Crippen molar-refractivity contribution in [3.8, 4) is 5.75 Å². The van der Waals surface area contributed by atoms with E-state index in [4.69, 9.17) is 16.3 Å². The van der Waals surface area contributed by atoms with Gasteiger partial charge in [0.1, 0.15) is 11.4 Å². The Morgan fingerprint density at radius 2 is 1.76 bits per heavy atom. The zero-order chi connectivity index (χ0) is 21.3. The number of hydrogen-bond acceptors (Lipinski definition) is 6. The molecule has 0 radical (unpaired) electrons. The molecule has 0 bridgehead atoms. The number of methoxy groups -OCH3 is 1. The van der Waals surface area contributed by atoms with Crippen molar-refractivity contribution in [2.45, 2.75) is 19.9 Å². The number of benzene rings is 2. The van der Waals surface area contributed by atoms with E-state index in [1.165, 1.54) is 31.4 Å².